The normalized spacial score (nSPS) is 32.5. The number of halogens is 2. The maximum atomic E-state index is 12.6. The molecule has 0 N–H and O–H groups in total. The Kier molecular flexibility index (Phi) is 2.58. The largest absolute Gasteiger partial charge is 0.444 e. The van der Waals surface area contributed by atoms with Gasteiger partial charge in [-0.25, -0.2) is 9.78 Å². The van der Waals surface area contributed by atoms with E-state index in [1.54, 1.807) is 0 Å². The molecule has 5 nitrogen and oxygen atoms in total. The van der Waals surface area contributed by atoms with E-state index in [4.69, 9.17) is 15.7 Å². The molecular formula is C12H17Br2N3O2S. The van der Waals surface area contributed by atoms with E-state index in [0.29, 0.717) is 3.79 Å². The monoisotopic (exact) mass is 433 g/mol. The molecule has 1 fully saturated rings. The Bertz CT molecular complexity index is 751. The van der Waals surface area contributed by atoms with E-state index in [9.17, 15) is 4.79 Å². The molecule has 0 aromatic carbocycles. The maximum absolute atomic E-state index is 12.6. The first-order valence-electron chi connectivity index (χ1n) is 9.44. The fourth-order valence-corrected chi connectivity index (χ4v) is 2.78. The summed E-state index contributed by atoms with van der Waals surface area (Å²) in [4.78, 5) is 16.6. The number of aromatic nitrogens is 1. The van der Waals surface area contributed by atoms with Crippen LogP contribution in [-0.2, 0) is 4.74 Å². The first-order valence-corrected chi connectivity index (χ1v) is 7.84. The Balaban J connectivity index is 2.70. The lowest BCUT2D eigenvalue weighted by atomic mass is 10.2. The minimum atomic E-state index is -3.31. The van der Waals surface area contributed by atoms with Gasteiger partial charge in [-0.3, -0.25) is 0 Å². The van der Waals surface area contributed by atoms with Crippen molar-refractivity contribution in [3.05, 3.63) is 8.39 Å². The molecule has 1 aliphatic heterocycles. The SMILES string of the molecule is [2H]C1([2H])N(C(=O)OC(C)(C)C)C([2H])([2H])C([2H])([2H])N(c2nc(Br)c(Br)s2)C1([2H])[2H]. The molecule has 0 radical (unpaired) electrons. The lowest BCUT2D eigenvalue weighted by molar-refractivity contribution is 0.0240. The summed E-state index contributed by atoms with van der Waals surface area (Å²) >= 11 is 7.02. The van der Waals surface area contributed by atoms with Crippen molar-refractivity contribution in [1.82, 2.24) is 9.88 Å². The summed E-state index contributed by atoms with van der Waals surface area (Å²) in [6.45, 7) is -8.60. The van der Waals surface area contributed by atoms with Crippen LogP contribution in [0, 0.1) is 0 Å². The zero-order chi connectivity index (χ0) is 22.1. The molecule has 1 aliphatic rings. The van der Waals surface area contributed by atoms with Gasteiger partial charge in [0.2, 0.25) is 0 Å². The molecule has 0 spiro atoms. The fourth-order valence-electron chi connectivity index (χ4n) is 1.12. The first kappa shape index (κ1) is 8.33. The number of rotatable bonds is 1. The van der Waals surface area contributed by atoms with E-state index in [2.05, 4.69) is 36.8 Å². The Hall–Kier alpha value is -0.340. The quantitative estimate of drug-likeness (QED) is 0.675. The second-order valence-electron chi connectivity index (χ2n) is 4.66. The summed E-state index contributed by atoms with van der Waals surface area (Å²) < 4.78 is 71.7. The number of carbonyl (C=O) groups is 1. The molecule has 8 heteroatoms. The topological polar surface area (TPSA) is 45.7 Å². The molecule has 1 saturated heterocycles. The van der Waals surface area contributed by atoms with Crippen molar-refractivity contribution >= 4 is 54.4 Å². The van der Waals surface area contributed by atoms with E-state index >= 15 is 0 Å². The number of ether oxygens (including phenoxy) is 1. The highest BCUT2D eigenvalue weighted by molar-refractivity contribution is 9.13. The Morgan fingerprint density at radius 2 is 1.95 bits per heavy atom. The van der Waals surface area contributed by atoms with Crippen LogP contribution in [-0.4, -0.2) is 47.6 Å². The van der Waals surface area contributed by atoms with Crippen LogP contribution in [0.15, 0.2) is 8.39 Å². The summed E-state index contributed by atoms with van der Waals surface area (Å²) in [5.41, 5.74) is -1.13. The van der Waals surface area contributed by atoms with Crippen LogP contribution >= 0.6 is 43.2 Å². The molecule has 20 heavy (non-hydrogen) atoms. The molecule has 2 heterocycles. The lowest BCUT2D eigenvalue weighted by Gasteiger charge is -2.35. The third-order valence-electron chi connectivity index (χ3n) is 1.85. The Morgan fingerprint density at radius 1 is 1.35 bits per heavy atom. The predicted octanol–water partition coefficient (Wildman–Crippen LogP) is 3.73. The van der Waals surface area contributed by atoms with E-state index in [1.165, 1.54) is 20.8 Å². The minimum Gasteiger partial charge on any atom is -0.444 e. The van der Waals surface area contributed by atoms with Gasteiger partial charge < -0.3 is 14.5 Å². The smallest absolute Gasteiger partial charge is 0.410 e. The van der Waals surface area contributed by atoms with E-state index < -0.39 is 37.7 Å². The molecule has 0 unspecified atom stereocenters. The molecule has 1 amide bonds. The van der Waals surface area contributed by atoms with Gasteiger partial charge in [0.1, 0.15) is 14.0 Å². The molecule has 1 aromatic heterocycles. The molecule has 112 valence electrons. The number of thiazole rings is 1. The molecule has 0 atom stereocenters. The van der Waals surface area contributed by atoms with Crippen molar-refractivity contribution in [2.75, 3.05) is 30.9 Å². The second-order valence-corrected chi connectivity index (χ2v) is 7.71. The van der Waals surface area contributed by atoms with E-state index in [1.807, 2.05) is 0 Å². The summed E-state index contributed by atoms with van der Waals surface area (Å²) in [5.74, 6) is 0. The van der Waals surface area contributed by atoms with E-state index in [0.717, 1.165) is 11.3 Å². The molecular weight excluding hydrogens is 410 g/mol. The van der Waals surface area contributed by atoms with Crippen molar-refractivity contribution < 1.29 is 20.5 Å². The van der Waals surface area contributed by atoms with Crippen LogP contribution in [0.25, 0.3) is 0 Å². The Morgan fingerprint density at radius 3 is 2.40 bits per heavy atom. The number of hydrogen-bond acceptors (Lipinski definition) is 5. The van der Waals surface area contributed by atoms with Crippen LogP contribution in [0.1, 0.15) is 31.7 Å². The van der Waals surface area contributed by atoms with Crippen molar-refractivity contribution in [2.45, 2.75) is 26.4 Å². The highest BCUT2D eigenvalue weighted by Gasteiger charge is 2.27. The highest BCUT2D eigenvalue weighted by atomic mass is 79.9. The summed E-state index contributed by atoms with van der Waals surface area (Å²) in [6.07, 6.45) is -1.52. The van der Waals surface area contributed by atoms with Crippen LogP contribution in [0.4, 0.5) is 9.93 Å². The van der Waals surface area contributed by atoms with Crippen molar-refractivity contribution in [2.24, 2.45) is 0 Å². The number of amides is 1. The molecule has 0 aliphatic carbocycles. The number of anilines is 1. The third-order valence-corrected chi connectivity index (χ3v) is 4.91. The van der Waals surface area contributed by atoms with Gasteiger partial charge in [0.25, 0.3) is 0 Å². The van der Waals surface area contributed by atoms with Gasteiger partial charge in [-0.1, -0.05) is 11.3 Å². The second kappa shape index (κ2) is 6.19. The zero-order valence-electron chi connectivity index (χ0n) is 18.8. The summed E-state index contributed by atoms with van der Waals surface area (Å²) in [7, 11) is 0. The molecule has 0 bridgehead atoms. The van der Waals surface area contributed by atoms with Crippen molar-refractivity contribution in [3.8, 4) is 0 Å². The third kappa shape index (κ3) is 4.08. The van der Waals surface area contributed by atoms with Crippen LogP contribution < -0.4 is 4.90 Å². The zero-order valence-corrected chi connectivity index (χ0v) is 14.8. The van der Waals surface area contributed by atoms with E-state index in [-0.39, 0.29) is 19.5 Å². The minimum absolute atomic E-state index is 0.153. The summed E-state index contributed by atoms with van der Waals surface area (Å²) in [5, 5.41) is -0.315. The van der Waals surface area contributed by atoms with Gasteiger partial charge in [-0.05, 0) is 52.6 Å². The van der Waals surface area contributed by atoms with Gasteiger partial charge in [0.15, 0.2) is 5.13 Å². The van der Waals surface area contributed by atoms with Gasteiger partial charge in [-0.15, -0.1) is 0 Å². The number of carbonyl (C=O) groups excluding carboxylic acids is 1. The number of hydrogen-bond donors (Lipinski definition) is 0. The van der Waals surface area contributed by atoms with Gasteiger partial charge >= 0.3 is 6.09 Å². The summed E-state index contributed by atoms with van der Waals surface area (Å²) in [6, 6.07) is 0. The standard InChI is InChI=1S/C12H17Br2N3O2S/c1-12(2,3)19-11(18)17-6-4-16(5-7-17)10-15-8(13)9(14)20-10/h4-7H2,1-3H3/i4D2,5D2,6D2,7D2. The first-order chi connectivity index (χ1) is 12.3. The van der Waals surface area contributed by atoms with Gasteiger partial charge in [0.05, 0.1) is 11.0 Å². The maximum Gasteiger partial charge on any atom is 0.410 e. The van der Waals surface area contributed by atoms with Crippen molar-refractivity contribution in [3.63, 3.8) is 0 Å². The average Bonchev–Trinajstić information content (AvgIpc) is 2.72. The Labute approximate surface area is 150 Å². The van der Waals surface area contributed by atoms with Crippen LogP contribution in [0.2, 0.25) is 0 Å². The predicted molar refractivity (Wildman–Crippen MR) is 87.5 cm³/mol. The lowest BCUT2D eigenvalue weighted by Crippen LogP contribution is -2.50. The molecule has 0 saturated carbocycles. The van der Waals surface area contributed by atoms with Crippen LogP contribution in [0.3, 0.4) is 0 Å². The highest BCUT2D eigenvalue weighted by Crippen LogP contribution is 2.34. The number of piperazine rings is 1. The van der Waals surface area contributed by atoms with Crippen LogP contribution in [0.5, 0.6) is 0 Å². The molecule has 2 rings (SSSR count). The fraction of sp³-hybridized carbons (Fsp3) is 0.667. The van der Waals surface area contributed by atoms with Gasteiger partial charge in [-0.2, -0.15) is 0 Å². The van der Waals surface area contributed by atoms with Gasteiger partial charge in [0, 0.05) is 26.0 Å². The molecule has 1 aromatic rings. The average molecular weight is 435 g/mol. The number of nitrogens with zero attached hydrogens (tertiary/aromatic N) is 3. The van der Waals surface area contributed by atoms with Crippen molar-refractivity contribution in [1.29, 1.82) is 0 Å².